The zero-order valence-corrected chi connectivity index (χ0v) is 15.2. The Morgan fingerprint density at radius 2 is 1.88 bits per heavy atom. The molecule has 0 aliphatic rings. The van der Waals surface area contributed by atoms with Gasteiger partial charge in [0.25, 0.3) is 0 Å². The van der Waals surface area contributed by atoms with Crippen LogP contribution in [0.1, 0.15) is 72.3 Å². The van der Waals surface area contributed by atoms with Gasteiger partial charge in [-0.1, -0.05) is 25.1 Å². The summed E-state index contributed by atoms with van der Waals surface area (Å²) in [6.45, 7) is 6.83. The Bertz CT molecular complexity index is 827. The molecular formula is C20H22FNO4. The predicted octanol–water partition coefficient (Wildman–Crippen LogP) is 3.85. The van der Waals surface area contributed by atoms with E-state index in [1.807, 2.05) is 0 Å². The number of aromatic nitrogens is 1. The maximum Gasteiger partial charge on any atom is 0.338 e. The van der Waals surface area contributed by atoms with E-state index >= 15 is 0 Å². The third-order valence-electron chi connectivity index (χ3n) is 3.57. The highest BCUT2D eigenvalue weighted by atomic mass is 19.1. The first-order valence-electron chi connectivity index (χ1n) is 8.33. The smallest absolute Gasteiger partial charge is 0.338 e. The molecule has 1 unspecified atom stereocenters. The molecule has 138 valence electrons. The normalized spacial score (nSPS) is 12.5. The summed E-state index contributed by atoms with van der Waals surface area (Å²) >= 11 is 0. The van der Waals surface area contributed by atoms with Gasteiger partial charge >= 0.3 is 5.97 Å². The number of aliphatic hydroxyl groups excluding tert-OH is 1. The molecule has 1 heterocycles. The number of ether oxygens (including phenoxy) is 1. The summed E-state index contributed by atoms with van der Waals surface area (Å²) in [5.74, 6) is -1.54. The number of halogens is 1. The van der Waals surface area contributed by atoms with Gasteiger partial charge in [-0.3, -0.25) is 4.79 Å². The van der Waals surface area contributed by atoms with E-state index in [9.17, 15) is 19.1 Å². The molecule has 1 N–H and O–H groups in total. The molecular weight excluding hydrogens is 337 g/mol. The molecule has 0 saturated carbocycles. The predicted molar refractivity (Wildman–Crippen MR) is 94.5 cm³/mol. The summed E-state index contributed by atoms with van der Waals surface area (Å²) < 4.78 is 19.3. The van der Waals surface area contributed by atoms with Crippen LogP contribution in [-0.2, 0) is 4.74 Å². The van der Waals surface area contributed by atoms with Crippen molar-refractivity contribution in [3.8, 4) is 0 Å². The minimum absolute atomic E-state index is 0.00950. The number of ketones is 1. The van der Waals surface area contributed by atoms with E-state index in [1.165, 1.54) is 30.3 Å². The SMILES string of the molecule is CCC(=O)c1cc(C(=O)OC(C)(C)C)cc(C(O)c2ccccc2F)n1. The van der Waals surface area contributed by atoms with Crippen LogP contribution in [0.2, 0.25) is 0 Å². The minimum atomic E-state index is -1.41. The van der Waals surface area contributed by atoms with E-state index in [0.717, 1.165) is 0 Å². The second-order valence-corrected chi connectivity index (χ2v) is 6.87. The van der Waals surface area contributed by atoms with Gasteiger partial charge < -0.3 is 9.84 Å². The number of nitrogens with zero attached hydrogens (tertiary/aromatic N) is 1. The molecule has 0 radical (unpaired) electrons. The summed E-state index contributed by atoms with van der Waals surface area (Å²) in [5.41, 5.74) is -0.593. The zero-order chi connectivity index (χ0) is 19.5. The van der Waals surface area contributed by atoms with Gasteiger partial charge in [0, 0.05) is 12.0 Å². The molecule has 0 saturated heterocycles. The van der Waals surface area contributed by atoms with Crippen molar-refractivity contribution in [2.24, 2.45) is 0 Å². The number of pyridine rings is 1. The summed E-state index contributed by atoms with van der Waals surface area (Å²) in [5, 5.41) is 10.5. The molecule has 1 aromatic heterocycles. The van der Waals surface area contributed by atoms with Crippen LogP contribution in [0, 0.1) is 5.82 Å². The van der Waals surface area contributed by atoms with Gasteiger partial charge in [-0.2, -0.15) is 0 Å². The lowest BCUT2D eigenvalue weighted by molar-refractivity contribution is 0.00691. The Hall–Kier alpha value is -2.60. The van der Waals surface area contributed by atoms with Crippen LogP contribution in [-0.4, -0.2) is 27.4 Å². The average Bonchev–Trinajstić information content (AvgIpc) is 2.59. The summed E-state index contributed by atoms with van der Waals surface area (Å²) in [7, 11) is 0. The number of esters is 1. The Kier molecular flexibility index (Phi) is 5.87. The van der Waals surface area contributed by atoms with E-state index in [-0.39, 0.29) is 34.7 Å². The van der Waals surface area contributed by atoms with E-state index in [0.29, 0.717) is 0 Å². The first kappa shape index (κ1) is 19.7. The van der Waals surface area contributed by atoms with Crippen molar-refractivity contribution in [1.82, 2.24) is 4.98 Å². The topological polar surface area (TPSA) is 76.5 Å². The van der Waals surface area contributed by atoms with Gasteiger partial charge in [-0.05, 0) is 39.0 Å². The molecule has 0 aliphatic carbocycles. The zero-order valence-electron chi connectivity index (χ0n) is 15.2. The highest BCUT2D eigenvalue weighted by Gasteiger charge is 2.23. The molecule has 2 rings (SSSR count). The van der Waals surface area contributed by atoms with E-state index in [1.54, 1.807) is 33.8 Å². The number of aliphatic hydroxyl groups is 1. The number of Topliss-reactive ketones (excluding diaryl/α,β-unsaturated/α-hetero) is 1. The number of rotatable bonds is 5. The highest BCUT2D eigenvalue weighted by molar-refractivity contribution is 5.97. The van der Waals surface area contributed by atoms with Crippen molar-refractivity contribution in [3.05, 3.63) is 64.7 Å². The summed E-state index contributed by atoms with van der Waals surface area (Å²) in [6, 6.07) is 8.37. The van der Waals surface area contributed by atoms with Gasteiger partial charge in [0.2, 0.25) is 0 Å². The minimum Gasteiger partial charge on any atom is -0.456 e. The molecule has 0 amide bonds. The molecule has 0 bridgehead atoms. The van der Waals surface area contributed by atoms with Crippen LogP contribution in [0.4, 0.5) is 4.39 Å². The van der Waals surface area contributed by atoms with Gasteiger partial charge in [0.15, 0.2) is 5.78 Å². The number of carbonyl (C=O) groups is 2. The third kappa shape index (κ3) is 4.73. The molecule has 6 heteroatoms. The fourth-order valence-electron chi connectivity index (χ4n) is 2.33. The van der Waals surface area contributed by atoms with E-state index < -0.39 is 23.5 Å². The van der Waals surface area contributed by atoms with Crippen molar-refractivity contribution < 1.29 is 23.8 Å². The molecule has 1 atom stereocenters. The Morgan fingerprint density at radius 3 is 2.46 bits per heavy atom. The molecule has 1 aromatic carbocycles. The largest absolute Gasteiger partial charge is 0.456 e. The van der Waals surface area contributed by atoms with Gasteiger partial charge in [0.1, 0.15) is 23.2 Å². The lowest BCUT2D eigenvalue weighted by Crippen LogP contribution is -2.24. The second-order valence-electron chi connectivity index (χ2n) is 6.87. The van der Waals surface area contributed by atoms with Crippen LogP contribution in [0.3, 0.4) is 0 Å². The standard InChI is InChI=1S/C20H22FNO4/c1-5-17(23)15-10-12(19(25)26-20(2,3)4)11-16(22-15)18(24)13-8-6-7-9-14(13)21/h6-11,18,24H,5H2,1-4H3. The molecule has 26 heavy (non-hydrogen) atoms. The van der Waals surface area contributed by atoms with Crippen LogP contribution in [0.15, 0.2) is 36.4 Å². The van der Waals surface area contributed by atoms with Crippen molar-refractivity contribution in [3.63, 3.8) is 0 Å². The maximum atomic E-state index is 14.0. The average molecular weight is 359 g/mol. The maximum absolute atomic E-state index is 14.0. The second kappa shape index (κ2) is 7.74. The first-order valence-corrected chi connectivity index (χ1v) is 8.33. The molecule has 0 fully saturated rings. The molecule has 5 nitrogen and oxygen atoms in total. The fraction of sp³-hybridized carbons (Fsp3) is 0.350. The first-order chi connectivity index (χ1) is 12.1. The molecule has 0 spiro atoms. The number of carbonyl (C=O) groups excluding carboxylic acids is 2. The van der Waals surface area contributed by atoms with Crippen molar-refractivity contribution >= 4 is 11.8 Å². The third-order valence-corrected chi connectivity index (χ3v) is 3.57. The quantitative estimate of drug-likeness (QED) is 0.648. The van der Waals surface area contributed by atoms with Gasteiger partial charge in [0.05, 0.1) is 11.3 Å². The van der Waals surface area contributed by atoms with Crippen molar-refractivity contribution in [2.75, 3.05) is 0 Å². The van der Waals surface area contributed by atoms with Gasteiger partial charge in [-0.15, -0.1) is 0 Å². The monoisotopic (exact) mass is 359 g/mol. The van der Waals surface area contributed by atoms with Crippen molar-refractivity contribution in [1.29, 1.82) is 0 Å². The van der Waals surface area contributed by atoms with E-state index in [4.69, 9.17) is 4.74 Å². The number of hydrogen-bond acceptors (Lipinski definition) is 5. The highest BCUT2D eigenvalue weighted by Crippen LogP contribution is 2.25. The van der Waals surface area contributed by atoms with Crippen LogP contribution < -0.4 is 0 Å². The van der Waals surface area contributed by atoms with Crippen molar-refractivity contribution in [2.45, 2.75) is 45.8 Å². The van der Waals surface area contributed by atoms with Crippen LogP contribution in [0.5, 0.6) is 0 Å². The van der Waals surface area contributed by atoms with Crippen LogP contribution >= 0.6 is 0 Å². The van der Waals surface area contributed by atoms with Crippen LogP contribution in [0.25, 0.3) is 0 Å². The summed E-state index contributed by atoms with van der Waals surface area (Å²) in [6.07, 6.45) is -1.23. The van der Waals surface area contributed by atoms with E-state index in [2.05, 4.69) is 4.98 Å². The van der Waals surface area contributed by atoms with Gasteiger partial charge in [-0.25, -0.2) is 14.2 Å². The Balaban J connectivity index is 2.51. The number of benzene rings is 1. The Morgan fingerprint density at radius 1 is 1.23 bits per heavy atom. The Labute approximate surface area is 151 Å². The molecule has 0 aliphatic heterocycles. The lowest BCUT2D eigenvalue weighted by atomic mass is 10.0. The fourth-order valence-corrected chi connectivity index (χ4v) is 2.33. The molecule has 2 aromatic rings. The number of hydrogen-bond donors (Lipinski definition) is 1. The summed E-state index contributed by atoms with van der Waals surface area (Å²) in [4.78, 5) is 28.6. The lowest BCUT2D eigenvalue weighted by Gasteiger charge is -2.20.